The SMILES string of the molecule is CCOc1ccc(NC(=O)NC(=O)CN2CC=C(c3ccccc3)CC2)cc1OCC. The third kappa shape index (κ3) is 6.58. The zero-order valence-electron chi connectivity index (χ0n) is 18.0. The van der Waals surface area contributed by atoms with Crippen LogP contribution < -0.4 is 20.1 Å². The highest BCUT2D eigenvalue weighted by molar-refractivity contribution is 6.01. The molecule has 7 heteroatoms. The van der Waals surface area contributed by atoms with Crippen molar-refractivity contribution in [2.24, 2.45) is 0 Å². The average molecular weight is 424 g/mol. The number of carbonyl (C=O) groups is 2. The molecule has 2 N–H and O–H groups in total. The van der Waals surface area contributed by atoms with Crippen LogP contribution in [0.4, 0.5) is 10.5 Å². The van der Waals surface area contributed by atoms with Crippen LogP contribution in [-0.4, -0.2) is 49.7 Å². The average Bonchev–Trinajstić information content (AvgIpc) is 2.77. The first-order valence-corrected chi connectivity index (χ1v) is 10.6. The van der Waals surface area contributed by atoms with Gasteiger partial charge in [0.25, 0.3) is 0 Å². The molecule has 2 aromatic carbocycles. The second-order valence-electron chi connectivity index (χ2n) is 7.11. The van der Waals surface area contributed by atoms with Gasteiger partial charge in [-0.3, -0.25) is 15.0 Å². The first-order valence-electron chi connectivity index (χ1n) is 10.6. The number of nitrogens with zero attached hydrogens (tertiary/aromatic N) is 1. The molecule has 0 saturated heterocycles. The van der Waals surface area contributed by atoms with E-state index in [0.29, 0.717) is 36.9 Å². The first kappa shape index (κ1) is 22.4. The Morgan fingerprint density at radius 3 is 2.42 bits per heavy atom. The van der Waals surface area contributed by atoms with E-state index >= 15 is 0 Å². The third-order valence-corrected chi connectivity index (χ3v) is 4.86. The molecule has 3 rings (SSSR count). The standard InChI is InChI=1S/C24H29N3O4/c1-3-30-21-11-10-20(16-22(21)31-4-2)25-24(29)26-23(28)17-27-14-12-19(13-15-27)18-8-6-5-7-9-18/h5-12,16H,3-4,13-15,17H2,1-2H3,(H2,25,26,28,29). The van der Waals surface area contributed by atoms with Crippen LogP contribution in [0.15, 0.2) is 54.6 Å². The van der Waals surface area contributed by atoms with Crippen LogP contribution in [0, 0.1) is 0 Å². The molecule has 1 aliphatic heterocycles. The number of amides is 3. The number of anilines is 1. The lowest BCUT2D eigenvalue weighted by Gasteiger charge is -2.25. The van der Waals surface area contributed by atoms with Crippen molar-refractivity contribution in [1.82, 2.24) is 10.2 Å². The molecule has 0 aliphatic carbocycles. The van der Waals surface area contributed by atoms with Gasteiger partial charge in [0, 0.05) is 24.8 Å². The fourth-order valence-corrected chi connectivity index (χ4v) is 3.43. The highest BCUT2D eigenvalue weighted by Crippen LogP contribution is 2.30. The van der Waals surface area contributed by atoms with E-state index in [4.69, 9.17) is 9.47 Å². The number of ether oxygens (including phenoxy) is 2. The summed E-state index contributed by atoms with van der Waals surface area (Å²) in [6, 6.07) is 14.8. The summed E-state index contributed by atoms with van der Waals surface area (Å²) in [5, 5.41) is 5.06. The Bertz CT molecular complexity index is 928. The van der Waals surface area contributed by atoms with Gasteiger partial charge < -0.3 is 14.8 Å². The Kier molecular flexibility index (Phi) is 8.06. The molecule has 1 aliphatic rings. The fraction of sp³-hybridized carbons (Fsp3) is 0.333. The van der Waals surface area contributed by atoms with E-state index in [2.05, 4.69) is 28.8 Å². The normalized spacial score (nSPS) is 13.8. The number of imide groups is 1. The lowest BCUT2D eigenvalue weighted by Crippen LogP contribution is -2.43. The van der Waals surface area contributed by atoms with Crippen LogP contribution in [-0.2, 0) is 4.79 Å². The number of rotatable bonds is 8. The molecule has 2 aromatic rings. The Labute approximate surface area is 183 Å². The van der Waals surface area contributed by atoms with Crippen LogP contribution in [0.2, 0.25) is 0 Å². The van der Waals surface area contributed by atoms with Crippen molar-refractivity contribution in [2.75, 3.05) is 38.2 Å². The van der Waals surface area contributed by atoms with Crippen molar-refractivity contribution in [3.05, 3.63) is 60.2 Å². The third-order valence-electron chi connectivity index (χ3n) is 4.86. The molecule has 7 nitrogen and oxygen atoms in total. The lowest BCUT2D eigenvalue weighted by molar-refractivity contribution is -0.121. The minimum atomic E-state index is -0.575. The number of hydrogen-bond donors (Lipinski definition) is 2. The molecule has 164 valence electrons. The molecule has 0 spiro atoms. The predicted molar refractivity (Wildman–Crippen MR) is 121 cm³/mol. The zero-order valence-corrected chi connectivity index (χ0v) is 18.0. The van der Waals surface area contributed by atoms with Gasteiger partial charge >= 0.3 is 6.03 Å². The van der Waals surface area contributed by atoms with Crippen molar-refractivity contribution in [3.63, 3.8) is 0 Å². The topological polar surface area (TPSA) is 79.9 Å². The van der Waals surface area contributed by atoms with Crippen molar-refractivity contribution in [2.45, 2.75) is 20.3 Å². The van der Waals surface area contributed by atoms with Crippen LogP contribution in [0.1, 0.15) is 25.8 Å². The summed E-state index contributed by atoms with van der Waals surface area (Å²) in [7, 11) is 0. The van der Waals surface area contributed by atoms with E-state index in [1.807, 2.05) is 36.9 Å². The fourth-order valence-electron chi connectivity index (χ4n) is 3.43. The van der Waals surface area contributed by atoms with Crippen LogP contribution in [0.25, 0.3) is 5.57 Å². The minimum Gasteiger partial charge on any atom is -0.490 e. The molecule has 0 atom stereocenters. The zero-order chi connectivity index (χ0) is 22.1. The largest absolute Gasteiger partial charge is 0.490 e. The maximum atomic E-state index is 12.3. The van der Waals surface area contributed by atoms with Gasteiger partial charge in [0.2, 0.25) is 5.91 Å². The molecule has 1 heterocycles. The Morgan fingerprint density at radius 2 is 1.74 bits per heavy atom. The van der Waals surface area contributed by atoms with Gasteiger partial charge in [-0.2, -0.15) is 0 Å². The highest BCUT2D eigenvalue weighted by Gasteiger charge is 2.17. The molecule has 0 radical (unpaired) electrons. The molecule has 0 aromatic heterocycles. The summed E-state index contributed by atoms with van der Waals surface area (Å²) >= 11 is 0. The monoisotopic (exact) mass is 423 g/mol. The first-order chi connectivity index (χ1) is 15.1. The van der Waals surface area contributed by atoms with Gasteiger partial charge in [-0.25, -0.2) is 4.79 Å². The summed E-state index contributed by atoms with van der Waals surface area (Å²) in [5.41, 5.74) is 3.02. The van der Waals surface area contributed by atoms with E-state index in [0.717, 1.165) is 13.0 Å². The van der Waals surface area contributed by atoms with Gasteiger partial charge in [-0.15, -0.1) is 0 Å². The van der Waals surface area contributed by atoms with Gasteiger partial charge in [0.05, 0.1) is 19.8 Å². The summed E-state index contributed by atoms with van der Waals surface area (Å²) in [6.07, 6.45) is 3.01. The summed E-state index contributed by atoms with van der Waals surface area (Å²) in [5.74, 6) is 0.812. The molecule has 0 unspecified atom stereocenters. The quantitative estimate of drug-likeness (QED) is 0.673. The maximum Gasteiger partial charge on any atom is 0.325 e. The van der Waals surface area contributed by atoms with Crippen LogP contribution >= 0.6 is 0 Å². The molecular weight excluding hydrogens is 394 g/mol. The lowest BCUT2D eigenvalue weighted by atomic mass is 10.00. The van der Waals surface area contributed by atoms with Crippen molar-refractivity contribution in [3.8, 4) is 11.5 Å². The second-order valence-corrected chi connectivity index (χ2v) is 7.11. The number of benzene rings is 2. The van der Waals surface area contributed by atoms with Gasteiger partial charge in [0.1, 0.15) is 0 Å². The summed E-state index contributed by atoms with van der Waals surface area (Å²) < 4.78 is 11.1. The van der Waals surface area contributed by atoms with Gasteiger partial charge in [-0.1, -0.05) is 36.4 Å². The smallest absolute Gasteiger partial charge is 0.325 e. The second kappa shape index (κ2) is 11.2. The molecular formula is C24H29N3O4. The summed E-state index contributed by atoms with van der Waals surface area (Å²) in [6.45, 7) is 6.37. The Balaban J connectivity index is 1.49. The minimum absolute atomic E-state index is 0.166. The molecule has 0 fully saturated rings. The van der Waals surface area contributed by atoms with Crippen LogP contribution in [0.5, 0.6) is 11.5 Å². The van der Waals surface area contributed by atoms with Crippen molar-refractivity contribution < 1.29 is 19.1 Å². The molecule has 31 heavy (non-hydrogen) atoms. The molecule has 0 saturated carbocycles. The van der Waals surface area contributed by atoms with E-state index in [1.54, 1.807) is 18.2 Å². The number of nitrogens with one attached hydrogen (secondary N) is 2. The van der Waals surface area contributed by atoms with Crippen molar-refractivity contribution in [1.29, 1.82) is 0 Å². The van der Waals surface area contributed by atoms with E-state index < -0.39 is 6.03 Å². The number of hydrogen-bond acceptors (Lipinski definition) is 5. The number of carbonyl (C=O) groups excluding carboxylic acids is 2. The van der Waals surface area contributed by atoms with E-state index in [9.17, 15) is 9.59 Å². The molecule has 3 amide bonds. The molecule has 0 bridgehead atoms. The Hall–Kier alpha value is -3.32. The van der Waals surface area contributed by atoms with E-state index in [-0.39, 0.29) is 12.5 Å². The number of urea groups is 1. The Morgan fingerprint density at radius 1 is 1.00 bits per heavy atom. The predicted octanol–water partition coefficient (Wildman–Crippen LogP) is 3.92. The van der Waals surface area contributed by atoms with Gasteiger partial charge in [0.15, 0.2) is 11.5 Å². The highest BCUT2D eigenvalue weighted by atomic mass is 16.5. The maximum absolute atomic E-state index is 12.3. The van der Waals surface area contributed by atoms with Crippen LogP contribution in [0.3, 0.4) is 0 Å². The van der Waals surface area contributed by atoms with E-state index in [1.165, 1.54) is 11.1 Å². The van der Waals surface area contributed by atoms with Gasteiger partial charge in [-0.05, 0) is 43.5 Å². The van der Waals surface area contributed by atoms with Crippen molar-refractivity contribution >= 4 is 23.2 Å². The summed E-state index contributed by atoms with van der Waals surface area (Å²) in [4.78, 5) is 26.5.